The smallest absolute Gasteiger partial charge is 0.0487 e. The molecule has 0 radical (unpaired) electrons. The number of hydrogen-bond acceptors (Lipinski definition) is 4. The first-order valence-corrected chi connectivity index (χ1v) is 6.57. The largest absolute Gasteiger partial charge is 0.402 e. The van der Waals surface area contributed by atoms with Crippen LogP contribution in [0.4, 0.5) is 5.69 Å². The zero-order chi connectivity index (χ0) is 13.9. The van der Waals surface area contributed by atoms with Gasteiger partial charge in [-0.15, -0.1) is 0 Å². The molecule has 0 aliphatic carbocycles. The van der Waals surface area contributed by atoms with E-state index in [0.29, 0.717) is 5.70 Å². The number of rotatable bonds is 10. The van der Waals surface area contributed by atoms with Crippen LogP contribution in [-0.2, 0) is 6.42 Å². The minimum Gasteiger partial charge on any atom is -0.402 e. The van der Waals surface area contributed by atoms with Crippen LogP contribution in [0.15, 0.2) is 49.3 Å². The van der Waals surface area contributed by atoms with Crippen LogP contribution < -0.4 is 21.9 Å². The molecule has 1 rings (SSSR count). The van der Waals surface area contributed by atoms with Crippen molar-refractivity contribution in [3.05, 3.63) is 54.9 Å². The maximum atomic E-state index is 5.58. The first-order valence-electron chi connectivity index (χ1n) is 6.57. The summed E-state index contributed by atoms with van der Waals surface area (Å²) in [4.78, 5) is 0. The number of hydrogen-bond donors (Lipinski definition) is 4. The summed E-state index contributed by atoms with van der Waals surface area (Å²) in [6, 6.07) is 8.17. The Morgan fingerprint density at radius 1 is 1.16 bits per heavy atom. The van der Waals surface area contributed by atoms with Crippen LogP contribution in [0.25, 0.3) is 0 Å². The molecule has 19 heavy (non-hydrogen) atoms. The molecule has 0 unspecified atom stereocenters. The van der Waals surface area contributed by atoms with Crippen molar-refractivity contribution in [1.82, 2.24) is 10.7 Å². The summed E-state index contributed by atoms with van der Waals surface area (Å²) in [5.41, 5.74) is 14.9. The molecule has 1 aromatic carbocycles. The van der Waals surface area contributed by atoms with E-state index in [-0.39, 0.29) is 0 Å². The lowest BCUT2D eigenvalue weighted by Gasteiger charge is -2.09. The molecule has 0 amide bonds. The Kier molecular flexibility index (Phi) is 7.20. The highest BCUT2D eigenvalue weighted by atomic mass is 15.3. The van der Waals surface area contributed by atoms with Crippen LogP contribution in [0, 0.1) is 0 Å². The maximum absolute atomic E-state index is 5.58. The van der Waals surface area contributed by atoms with Gasteiger partial charge in [-0.3, -0.25) is 0 Å². The topological polar surface area (TPSA) is 62.1 Å². The number of nitrogens with one attached hydrogen (secondary N) is 3. The summed E-state index contributed by atoms with van der Waals surface area (Å²) < 4.78 is 0. The fraction of sp³-hybridized carbons (Fsp3) is 0.333. The van der Waals surface area contributed by atoms with Gasteiger partial charge >= 0.3 is 0 Å². The van der Waals surface area contributed by atoms with Crippen molar-refractivity contribution in [3.8, 4) is 0 Å². The van der Waals surface area contributed by atoms with E-state index in [1.54, 1.807) is 6.20 Å². The molecule has 0 aromatic heterocycles. The van der Waals surface area contributed by atoms with Crippen LogP contribution >= 0.6 is 0 Å². The molecule has 4 heteroatoms. The normalized spacial score (nSPS) is 9.89. The second kappa shape index (κ2) is 9.05. The van der Waals surface area contributed by atoms with Gasteiger partial charge in [-0.25, -0.2) is 5.43 Å². The molecule has 0 aliphatic heterocycles. The number of nitrogens with two attached hydrogens (primary N) is 1. The zero-order valence-electron chi connectivity index (χ0n) is 11.4. The summed E-state index contributed by atoms with van der Waals surface area (Å²) in [5, 5.41) is 3.08. The van der Waals surface area contributed by atoms with E-state index in [1.807, 2.05) is 12.1 Å². The molecule has 5 N–H and O–H groups in total. The van der Waals surface area contributed by atoms with Gasteiger partial charge in [0.15, 0.2) is 0 Å². The van der Waals surface area contributed by atoms with E-state index in [2.05, 4.69) is 41.5 Å². The lowest BCUT2D eigenvalue weighted by atomic mass is 10.1. The Morgan fingerprint density at radius 3 is 2.47 bits per heavy atom. The lowest BCUT2D eigenvalue weighted by molar-refractivity contribution is 0.652. The van der Waals surface area contributed by atoms with Gasteiger partial charge in [-0.05, 0) is 36.7 Å². The second-order valence-corrected chi connectivity index (χ2v) is 4.45. The second-order valence-electron chi connectivity index (χ2n) is 4.45. The number of anilines is 1. The maximum Gasteiger partial charge on any atom is 0.0487 e. The molecule has 0 atom stereocenters. The van der Waals surface area contributed by atoms with Gasteiger partial charge in [0.1, 0.15) is 0 Å². The molecule has 0 saturated heterocycles. The third-order valence-electron chi connectivity index (χ3n) is 2.64. The summed E-state index contributed by atoms with van der Waals surface area (Å²) >= 11 is 0. The minimum absolute atomic E-state index is 0.687. The highest BCUT2D eigenvalue weighted by molar-refractivity contribution is 5.44. The van der Waals surface area contributed by atoms with Crippen LogP contribution in [0.1, 0.15) is 18.4 Å². The van der Waals surface area contributed by atoms with Crippen LogP contribution in [0.5, 0.6) is 0 Å². The summed E-state index contributed by atoms with van der Waals surface area (Å²) in [6.07, 6.45) is 4.68. The predicted molar refractivity (Wildman–Crippen MR) is 82.5 cm³/mol. The highest BCUT2D eigenvalue weighted by Crippen LogP contribution is 2.10. The van der Waals surface area contributed by atoms with Crippen molar-refractivity contribution in [3.63, 3.8) is 0 Å². The third-order valence-corrected chi connectivity index (χ3v) is 2.64. The third kappa shape index (κ3) is 7.16. The average Bonchev–Trinajstić information content (AvgIpc) is 2.39. The Morgan fingerprint density at radius 2 is 1.84 bits per heavy atom. The molecule has 0 heterocycles. The Hall–Kier alpha value is -1.94. The molecule has 0 fully saturated rings. The van der Waals surface area contributed by atoms with Gasteiger partial charge in [0.05, 0.1) is 0 Å². The van der Waals surface area contributed by atoms with Crippen molar-refractivity contribution >= 4 is 5.69 Å². The van der Waals surface area contributed by atoms with Crippen LogP contribution in [-0.4, -0.2) is 13.1 Å². The average molecular weight is 260 g/mol. The van der Waals surface area contributed by atoms with Crippen molar-refractivity contribution in [2.75, 3.05) is 18.5 Å². The monoisotopic (exact) mass is 260 g/mol. The minimum atomic E-state index is 0.687. The Bertz CT molecular complexity index is 384. The van der Waals surface area contributed by atoms with Gasteiger partial charge in [-0.2, -0.15) is 0 Å². The number of allylic oxidation sites excluding steroid dienone is 1. The summed E-state index contributed by atoms with van der Waals surface area (Å²) in [6.45, 7) is 9.22. The fourth-order valence-corrected chi connectivity index (χ4v) is 1.68. The molecule has 1 aromatic rings. The van der Waals surface area contributed by atoms with Crippen LogP contribution in [0.2, 0.25) is 0 Å². The van der Waals surface area contributed by atoms with Gasteiger partial charge in [-0.1, -0.05) is 25.3 Å². The van der Waals surface area contributed by atoms with E-state index >= 15 is 0 Å². The van der Waals surface area contributed by atoms with E-state index < -0.39 is 0 Å². The number of benzene rings is 1. The van der Waals surface area contributed by atoms with Crippen molar-refractivity contribution < 1.29 is 0 Å². The number of hydrazine groups is 1. The highest BCUT2D eigenvalue weighted by Gasteiger charge is 1.95. The lowest BCUT2D eigenvalue weighted by Crippen LogP contribution is -2.23. The molecule has 4 nitrogen and oxygen atoms in total. The Labute approximate surface area is 115 Å². The molecule has 0 spiro atoms. The first kappa shape index (κ1) is 15.1. The Balaban J connectivity index is 2.15. The zero-order valence-corrected chi connectivity index (χ0v) is 11.4. The van der Waals surface area contributed by atoms with Crippen molar-refractivity contribution in [2.45, 2.75) is 19.3 Å². The number of unbranched alkanes of at least 4 members (excludes halogenated alkanes) is 1. The fourth-order valence-electron chi connectivity index (χ4n) is 1.68. The standard InChI is InChI=1S/C15H24N4/c1-3-17-10-4-5-11-18-19-15-8-6-14(7-9-15)12-13(2)16/h3,6-9,17-19H,1-2,4-5,10-12,16H2. The van der Waals surface area contributed by atoms with Gasteiger partial charge in [0, 0.05) is 30.9 Å². The van der Waals surface area contributed by atoms with Crippen molar-refractivity contribution in [2.24, 2.45) is 5.73 Å². The van der Waals surface area contributed by atoms with E-state index in [4.69, 9.17) is 5.73 Å². The molecular weight excluding hydrogens is 236 g/mol. The molecular formula is C15H24N4. The SMILES string of the molecule is C=CNCCCCNNc1ccc(CC(=C)N)cc1. The van der Waals surface area contributed by atoms with E-state index in [9.17, 15) is 0 Å². The first-order chi connectivity index (χ1) is 9.22. The van der Waals surface area contributed by atoms with E-state index in [1.165, 1.54) is 5.56 Å². The predicted octanol–water partition coefficient (Wildman–Crippen LogP) is 2.13. The van der Waals surface area contributed by atoms with Crippen LogP contribution in [0.3, 0.4) is 0 Å². The van der Waals surface area contributed by atoms with Gasteiger partial charge in [0.25, 0.3) is 0 Å². The molecule has 0 bridgehead atoms. The van der Waals surface area contributed by atoms with Gasteiger partial charge < -0.3 is 16.5 Å². The summed E-state index contributed by atoms with van der Waals surface area (Å²) in [5.74, 6) is 0. The molecule has 0 aliphatic rings. The summed E-state index contributed by atoms with van der Waals surface area (Å²) in [7, 11) is 0. The molecule has 0 saturated carbocycles. The van der Waals surface area contributed by atoms with E-state index in [0.717, 1.165) is 38.0 Å². The molecule has 104 valence electrons. The van der Waals surface area contributed by atoms with Crippen molar-refractivity contribution in [1.29, 1.82) is 0 Å². The van der Waals surface area contributed by atoms with Gasteiger partial charge in [0.2, 0.25) is 0 Å². The quantitative estimate of drug-likeness (QED) is 0.384.